The van der Waals surface area contributed by atoms with Crippen LogP contribution in [0, 0.1) is 0 Å². The van der Waals surface area contributed by atoms with E-state index in [-0.39, 0.29) is 0 Å². The van der Waals surface area contributed by atoms with E-state index in [0.717, 1.165) is 6.42 Å². The van der Waals surface area contributed by atoms with Gasteiger partial charge in [-0.2, -0.15) is 0 Å². The third kappa shape index (κ3) is 2.21. The number of allylic oxidation sites excluding steroid dienone is 4. The number of alkyl halides is 1. The van der Waals surface area contributed by atoms with E-state index in [0.29, 0.717) is 3.92 Å². The number of hydrogen-bond donors (Lipinski definition) is 0. The molecule has 1 aromatic rings. The van der Waals surface area contributed by atoms with Crippen molar-refractivity contribution in [1.29, 1.82) is 0 Å². The maximum Gasteiger partial charge on any atom is 0.0327 e. The van der Waals surface area contributed by atoms with Crippen LogP contribution in [-0.4, -0.2) is 3.92 Å². The normalized spacial score (nSPS) is 21.3. The minimum absolute atomic E-state index is 0.671. The van der Waals surface area contributed by atoms with Crippen molar-refractivity contribution in [2.75, 3.05) is 0 Å². The van der Waals surface area contributed by atoms with Gasteiger partial charge >= 0.3 is 0 Å². The van der Waals surface area contributed by atoms with Crippen LogP contribution in [0.2, 0.25) is 0 Å². The molecule has 2 rings (SSSR count). The number of hydrogen-bond acceptors (Lipinski definition) is 0. The standard InChI is InChI=1S/C12H11I/c13-12-8-6-11(7-9-12)10-4-2-1-3-5-10/h1-8,12H,9H2. The van der Waals surface area contributed by atoms with Crippen molar-refractivity contribution >= 4 is 28.2 Å². The van der Waals surface area contributed by atoms with Crippen LogP contribution in [0.4, 0.5) is 0 Å². The van der Waals surface area contributed by atoms with E-state index >= 15 is 0 Å². The van der Waals surface area contributed by atoms with Gasteiger partial charge in [0, 0.05) is 3.92 Å². The summed E-state index contributed by atoms with van der Waals surface area (Å²) in [5, 5.41) is 0. The van der Waals surface area contributed by atoms with Crippen molar-refractivity contribution in [2.45, 2.75) is 10.3 Å². The van der Waals surface area contributed by atoms with Crippen LogP contribution in [0.15, 0.2) is 48.6 Å². The largest absolute Gasteiger partial charge is 0.0777 e. The molecule has 0 radical (unpaired) electrons. The molecule has 66 valence electrons. The Kier molecular flexibility index (Phi) is 2.83. The molecule has 0 N–H and O–H groups in total. The highest BCUT2D eigenvalue weighted by Crippen LogP contribution is 2.24. The van der Waals surface area contributed by atoms with Gasteiger partial charge in [0.1, 0.15) is 0 Å². The summed E-state index contributed by atoms with van der Waals surface area (Å²) in [6.45, 7) is 0. The second-order valence-corrected chi connectivity index (χ2v) is 4.74. The Morgan fingerprint density at radius 3 is 2.54 bits per heavy atom. The fourth-order valence-electron chi connectivity index (χ4n) is 1.44. The van der Waals surface area contributed by atoms with E-state index in [4.69, 9.17) is 0 Å². The van der Waals surface area contributed by atoms with Crippen LogP contribution in [-0.2, 0) is 0 Å². The van der Waals surface area contributed by atoms with Gasteiger partial charge in [0.05, 0.1) is 0 Å². The molecule has 0 nitrogen and oxygen atoms in total. The highest BCUT2D eigenvalue weighted by Gasteiger charge is 2.05. The Balaban J connectivity index is 2.25. The first-order chi connectivity index (χ1) is 6.36. The predicted octanol–water partition coefficient (Wildman–Crippen LogP) is 3.83. The van der Waals surface area contributed by atoms with E-state index in [1.54, 1.807) is 0 Å². The van der Waals surface area contributed by atoms with Gasteiger partial charge in [-0.05, 0) is 17.6 Å². The van der Waals surface area contributed by atoms with Gasteiger partial charge in [-0.3, -0.25) is 0 Å². The van der Waals surface area contributed by atoms with Crippen LogP contribution < -0.4 is 0 Å². The first kappa shape index (κ1) is 9.00. The van der Waals surface area contributed by atoms with Gasteiger partial charge in [0.15, 0.2) is 0 Å². The molecule has 0 heterocycles. The third-order valence-corrected chi connectivity index (χ3v) is 3.08. The quantitative estimate of drug-likeness (QED) is 0.542. The topological polar surface area (TPSA) is 0 Å². The van der Waals surface area contributed by atoms with E-state index in [2.05, 4.69) is 71.2 Å². The van der Waals surface area contributed by atoms with Crippen molar-refractivity contribution in [1.82, 2.24) is 0 Å². The van der Waals surface area contributed by atoms with Crippen LogP contribution in [0.5, 0.6) is 0 Å². The molecule has 1 atom stereocenters. The summed E-state index contributed by atoms with van der Waals surface area (Å²) < 4.78 is 0.671. The SMILES string of the molecule is IC1C=CC(c2ccccc2)=CC1. The van der Waals surface area contributed by atoms with Crippen molar-refractivity contribution in [3.05, 3.63) is 54.1 Å². The molecular formula is C12H11I. The van der Waals surface area contributed by atoms with Crippen LogP contribution in [0.3, 0.4) is 0 Å². The molecule has 0 saturated carbocycles. The highest BCUT2D eigenvalue weighted by molar-refractivity contribution is 14.1. The Morgan fingerprint density at radius 2 is 1.92 bits per heavy atom. The molecule has 1 aromatic carbocycles. The molecule has 1 unspecified atom stereocenters. The van der Waals surface area contributed by atoms with Crippen molar-refractivity contribution < 1.29 is 0 Å². The van der Waals surface area contributed by atoms with Crippen LogP contribution in [0.25, 0.3) is 5.57 Å². The molecule has 1 heteroatoms. The molecule has 0 fully saturated rings. The molecule has 0 amide bonds. The Morgan fingerprint density at radius 1 is 1.15 bits per heavy atom. The Bertz CT molecular complexity index is 335. The summed E-state index contributed by atoms with van der Waals surface area (Å²) >= 11 is 2.45. The van der Waals surface area contributed by atoms with Gasteiger partial charge in [0.25, 0.3) is 0 Å². The first-order valence-corrected chi connectivity index (χ1v) is 5.69. The van der Waals surface area contributed by atoms with Gasteiger partial charge in [-0.25, -0.2) is 0 Å². The molecule has 1 aliphatic carbocycles. The van der Waals surface area contributed by atoms with Gasteiger partial charge in [0.2, 0.25) is 0 Å². The maximum atomic E-state index is 2.45. The van der Waals surface area contributed by atoms with E-state index < -0.39 is 0 Å². The van der Waals surface area contributed by atoms with Gasteiger partial charge < -0.3 is 0 Å². The Labute approximate surface area is 92.5 Å². The second-order valence-electron chi connectivity index (χ2n) is 3.14. The lowest BCUT2D eigenvalue weighted by Crippen LogP contribution is -1.95. The zero-order valence-corrected chi connectivity index (χ0v) is 9.44. The van der Waals surface area contributed by atoms with E-state index in [9.17, 15) is 0 Å². The monoisotopic (exact) mass is 282 g/mol. The maximum absolute atomic E-state index is 2.45. The molecule has 0 spiro atoms. The lowest BCUT2D eigenvalue weighted by molar-refractivity contribution is 1.10. The summed E-state index contributed by atoms with van der Waals surface area (Å²) in [6, 6.07) is 10.5. The molecule has 0 bridgehead atoms. The van der Waals surface area contributed by atoms with Crippen molar-refractivity contribution in [3.63, 3.8) is 0 Å². The first-order valence-electron chi connectivity index (χ1n) is 4.44. The lowest BCUT2D eigenvalue weighted by Gasteiger charge is -2.10. The minimum atomic E-state index is 0.671. The molecule has 0 aliphatic heterocycles. The van der Waals surface area contributed by atoms with Gasteiger partial charge in [-0.15, -0.1) is 0 Å². The molecule has 0 aromatic heterocycles. The van der Waals surface area contributed by atoms with Crippen molar-refractivity contribution in [2.24, 2.45) is 0 Å². The van der Waals surface area contributed by atoms with Gasteiger partial charge in [-0.1, -0.05) is 71.2 Å². The molecule has 0 saturated heterocycles. The zero-order chi connectivity index (χ0) is 9.10. The molecule has 13 heavy (non-hydrogen) atoms. The fourth-order valence-corrected chi connectivity index (χ4v) is 1.90. The number of benzene rings is 1. The summed E-state index contributed by atoms with van der Waals surface area (Å²) in [4.78, 5) is 0. The average molecular weight is 282 g/mol. The highest BCUT2D eigenvalue weighted by atomic mass is 127. The molecular weight excluding hydrogens is 271 g/mol. The molecule has 1 aliphatic rings. The zero-order valence-electron chi connectivity index (χ0n) is 7.28. The minimum Gasteiger partial charge on any atom is -0.0777 e. The van der Waals surface area contributed by atoms with Crippen LogP contribution >= 0.6 is 22.6 Å². The summed E-state index contributed by atoms with van der Waals surface area (Å²) in [5.41, 5.74) is 2.68. The summed E-state index contributed by atoms with van der Waals surface area (Å²) in [7, 11) is 0. The number of halogens is 1. The fraction of sp³-hybridized carbons (Fsp3) is 0.167. The Hall–Kier alpha value is -0.570. The van der Waals surface area contributed by atoms with Crippen molar-refractivity contribution in [3.8, 4) is 0 Å². The van der Waals surface area contributed by atoms with E-state index in [1.807, 2.05) is 0 Å². The summed E-state index contributed by atoms with van der Waals surface area (Å²) in [5.74, 6) is 0. The number of rotatable bonds is 1. The third-order valence-electron chi connectivity index (χ3n) is 2.15. The van der Waals surface area contributed by atoms with Crippen LogP contribution in [0.1, 0.15) is 12.0 Å². The average Bonchev–Trinajstić information content (AvgIpc) is 2.20. The second kappa shape index (κ2) is 4.09. The lowest BCUT2D eigenvalue weighted by atomic mass is 10.00. The summed E-state index contributed by atoms with van der Waals surface area (Å²) in [6.07, 6.45) is 7.95. The van der Waals surface area contributed by atoms with E-state index in [1.165, 1.54) is 11.1 Å². The smallest absolute Gasteiger partial charge is 0.0327 e. The predicted molar refractivity (Wildman–Crippen MR) is 66.0 cm³/mol.